The van der Waals surface area contributed by atoms with Gasteiger partial charge in [-0.05, 0) is 32.4 Å². The smallest absolute Gasteiger partial charge is 0.338 e. The maximum atomic E-state index is 12.1. The summed E-state index contributed by atoms with van der Waals surface area (Å²) in [5.74, 6) is -1.82. The van der Waals surface area contributed by atoms with Crippen LogP contribution in [-0.4, -0.2) is 37.2 Å². The van der Waals surface area contributed by atoms with E-state index in [1.807, 2.05) is 6.92 Å². The molecule has 1 aromatic rings. The van der Waals surface area contributed by atoms with E-state index in [0.29, 0.717) is 12.0 Å². The Morgan fingerprint density at radius 3 is 2.28 bits per heavy atom. The molecule has 0 bridgehead atoms. The number of ether oxygens (including phenoxy) is 3. The average molecular weight is 350 g/mol. The van der Waals surface area contributed by atoms with Gasteiger partial charge in [0.05, 0.1) is 25.7 Å². The molecule has 1 atom stereocenters. The van der Waals surface area contributed by atoms with Crippen molar-refractivity contribution >= 4 is 17.9 Å². The van der Waals surface area contributed by atoms with E-state index in [0.717, 1.165) is 0 Å². The summed E-state index contributed by atoms with van der Waals surface area (Å²) in [4.78, 5) is 35.6. The van der Waals surface area contributed by atoms with Gasteiger partial charge in [-0.1, -0.05) is 25.1 Å². The van der Waals surface area contributed by atoms with Crippen LogP contribution in [0.5, 0.6) is 0 Å². The summed E-state index contributed by atoms with van der Waals surface area (Å²) in [5.41, 5.74) is -0.558. The first-order valence-electron chi connectivity index (χ1n) is 8.31. The summed E-state index contributed by atoms with van der Waals surface area (Å²) in [6.45, 7) is 5.21. The van der Waals surface area contributed by atoms with E-state index in [4.69, 9.17) is 14.2 Å². The Labute approximate surface area is 148 Å². The van der Waals surface area contributed by atoms with Crippen molar-refractivity contribution in [2.45, 2.75) is 45.6 Å². The van der Waals surface area contributed by atoms with E-state index >= 15 is 0 Å². The lowest BCUT2D eigenvalue weighted by molar-refractivity contribution is -0.167. The highest BCUT2D eigenvalue weighted by Crippen LogP contribution is 2.26. The van der Waals surface area contributed by atoms with Crippen LogP contribution in [0.15, 0.2) is 30.3 Å². The van der Waals surface area contributed by atoms with Crippen molar-refractivity contribution in [1.29, 1.82) is 0 Å². The third kappa shape index (κ3) is 6.95. The van der Waals surface area contributed by atoms with Crippen molar-refractivity contribution in [3.05, 3.63) is 35.9 Å². The number of carbonyl (C=O) groups excluding carboxylic acids is 3. The molecule has 1 unspecified atom stereocenters. The zero-order chi connectivity index (χ0) is 18.9. The van der Waals surface area contributed by atoms with Gasteiger partial charge in [-0.15, -0.1) is 0 Å². The van der Waals surface area contributed by atoms with Crippen molar-refractivity contribution in [2.24, 2.45) is 5.92 Å². The molecule has 0 saturated heterocycles. The van der Waals surface area contributed by atoms with Gasteiger partial charge < -0.3 is 14.2 Å². The second-order valence-corrected chi connectivity index (χ2v) is 6.27. The van der Waals surface area contributed by atoms with E-state index in [1.165, 1.54) is 7.11 Å². The number of carbonyl (C=O) groups is 3. The summed E-state index contributed by atoms with van der Waals surface area (Å²) in [6.07, 6.45) is 0.933. The largest absolute Gasteiger partial charge is 0.469 e. The van der Waals surface area contributed by atoms with Gasteiger partial charge >= 0.3 is 17.9 Å². The number of rotatable bonds is 9. The quantitative estimate of drug-likeness (QED) is 0.503. The molecule has 0 spiro atoms. The molecular formula is C19H26O6. The monoisotopic (exact) mass is 350 g/mol. The summed E-state index contributed by atoms with van der Waals surface area (Å²) in [5, 5.41) is 0. The molecule has 0 aromatic heterocycles. The molecule has 0 heterocycles. The van der Waals surface area contributed by atoms with Gasteiger partial charge in [0, 0.05) is 12.3 Å². The van der Waals surface area contributed by atoms with Crippen molar-refractivity contribution < 1.29 is 28.6 Å². The zero-order valence-electron chi connectivity index (χ0n) is 15.2. The van der Waals surface area contributed by atoms with Crippen LogP contribution in [0.2, 0.25) is 0 Å². The molecule has 1 aromatic carbocycles. The molecule has 0 aliphatic carbocycles. The summed E-state index contributed by atoms with van der Waals surface area (Å²) in [6, 6.07) is 8.55. The second-order valence-electron chi connectivity index (χ2n) is 6.27. The fourth-order valence-corrected chi connectivity index (χ4v) is 2.26. The molecular weight excluding hydrogens is 324 g/mol. The molecule has 6 heteroatoms. The Morgan fingerprint density at radius 1 is 1.08 bits per heavy atom. The van der Waals surface area contributed by atoms with E-state index < -0.39 is 23.5 Å². The van der Waals surface area contributed by atoms with Gasteiger partial charge in [0.25, 0.3) is 0 Å². The first kappa shape index (κ1) is 20.7. The van der Waals surface area contributed by atoms with Gasteiger partial charge in [-0.2, -0.15) is 0 Å². The molecule has 0 amide bonds. The van der Waals surface area contributed by atoms with E-state index in [2.05, 4.69) is 0 Å². The Morgan fingerprint density at radius 2 is 1.72 bits per heavy atom. The van der Waals surface area contributed by atoms with Crippen LogP contribution in [0.4, 0.5) is 0 Å². The van der Waals surface area contributed by atoms with Crippen LogP contribution in [0, 0.1) is 5.92 Å². The summed E-state index contributed by atoms with van der Waals surface area (Å²) in [7, 11) is 1.28. The first-order chi connectivity index (χ1) is 11.8. The molecule has 138 valence electrons. The Hall–Kier alpha value is -2.37. The van der Waals surface area contributed by atoms with E-state index in [1.54, 1.807) is 44.2 Å². The molecule has 1 rings (SSSR count). The molecule has 6 nitrogen and oxygen atoms in total. The van der Waals surface area contributed by atoms with Gasteiger partial charge in [-0.25, -0.2) is 4.79 Å². The van der Waals surface area contributed by atoms with E-state index in [9.17, 15) is 14.4 Å². The lowest BCUT2D eigenvalue weighted by Crippen LogP contribution is -2.41. The van der Waals surface area contributed by atoms with Gasteiger partial charge in [0.2, 0.25) is 0 Å². The summed E-state index contributed by atoms with van der Waals surface area (Å²) >= 11 is 0. The predicted octanol–water partition coefficient (Wildman–Crippen LogP) is 3.14. The van der Waals surface area contributed by atoms with Crippen molar-refractivity contribution in [3.63, 3.8) is 0 Å². The van der Waals surface area contributed by atoms with Crippen LogP contribution in [0.3, 0.4) is 0 Å². The van der Waals surface area contributed by atoms with Crippen molar-refractivity contribution in [1.82, 2.24) is 0 Å². The topological polar surface area (TPSA) is 78.9 Å². The highest BCUT2D eigenvalue weighted by molar-refractivity contribution is 5.89. The van der Waals surface area contributed by atoms with E-state index in [-0.39, 0.29) is 25.4 Å². The Bertz CT molecular complexity index is 579. The molecule has 0 saturated carbocycles. The maximum Gasteiger partial charge on any atom is 0.338 e. The highest BCUT2D eigenvalue weighted by atomic mass is 16.6. The number of esters is 3. The van der Waals surface area contributed by atoms with Crippen LogP contribution >= 0.6 is 0 Å². The van der Waals surface area contributed by atoms with Crippen LogP contribution in [0.1, 0.15) is 50.4 Å². The first-order valence-corrected chi connectivity index (χ1v) is 8.31. The van der Waals surface area contributed by atoms with Crippen LogP contribution < -0.4 is 0 Å². The highest BCUT2D eigenvalue weighted by Gasteiger charge is 2.36. The minimum absolute atomic E-state index is 0.0228. The predicted molar refractivity (Wildman–Crippen MR) is 91.9 cm³/mol. The average Bonchev–Trinajstić information content (AvgIpc) is 2.58. The lowest BCUT2D eigenvalue weighted by Gasteiger charge is -2.33. The fourth-order valence-electron chi connectivity index (χ4n) is 2.26. The normalized spacial score (nSPS) is 12.2. The standard InChI is InChI=1S/C19H26O6/c1-5-9-16(20)25-19(2,3)15(12-17(21)23-4)13-24-18(22)14-10-7-6-8-11-14/h6-8,10-11,15H,5,9,12-13H2,1-4H3. The SMILES string of the molecule is CCCC(=O)OC(C)(C)C(COC(=O)c1ccccc1)CC(=O)OC. The number of hydrogen-bond acceptors (Lipinski definition) is 6. The van der Waals surface area contributed by atoms with Gasteiger partial charge in [-0.3, -0.25) is 9.59 Å². The molecule has 0 fully saturated rings. The molecule has 0 aliphatic heterocycles. The molecule has 0 aliphatic rings. The third-order valence-electron chi connectivity index (χ3n) is 3.88. The molecule has 0 N–H and O–H groups in total. The Kier molecular flexibility index (Phi) is 8.11. The zero-order valence-corrected chi connectivity index (χ0v) is 15.2. The van der Waals surface area contributed by atoms with Gasteiger partial charge in [0.1, 0.15) is 5.60 Å². The Balaban J connectivity index is 2.79. The van der Waals surface area contributed by atoms with Gasteiger partial charge in [0.15, 0.2) is 0 Å². The fraction of sp³-hybridized carbons (Fsp3) is 0.526. The third-order valence-corrected chi connectivity index (χ3v) is 3.88. The molecule has 0 radical (unpaired) electrons. The van der Waals surface area contributed by atoms with Crippen LogP contribution in [-0.2, 0) is 23.8 Å². The molecule has 25 heavy (non-hydrogen) atoms. The number of hydrogen-bond donors (Lipinski definition) is 0. The van der Waals surface area contributed by atoms with Crippen LogP contribution in [0.25, 0.3) is 0 Å². The maximum absolute atomic E-state index is 12.1. The number of methoxy groups -OCH3 is 1. The lowest BCUT2D eigenvalue weighted by atomic mass is 9.88. The second kappa shape index (κ2) is 9.81. The minimum Gasteiger partial charge on any atom is -0.469 e. The number of benzene rings is 1. The summed E-state index contributed by atoms with van der Waals surface area (Å²) < 4.78 is 15.5. The van der Waals surface area contributed by atoms with Crippen molar-refractivity contribution in [2.75, 3.05) is 13.7 Å². The van der Waals surface area contributed by atoms with Crippen molar-refractivity contribution in [3.8, 4) is 0 Å². The minimum atomic E-state index is -0.975.